The lowest BCUT2D eigenvalue weighted by Crippen LogP contribution is -2.13. The van der Waals surface area contributed by atoms with Crippen molar-refractivity contribution in [2.45, 2.75) is 6.92 Å². The molecule has 116 valence electrons. The van der Waals surface area contributed by atoms with E-state index in [4.69, 9.17) is 46.4 Å². The third-order valence-electron chi connectivity index (χ3n) is 2.89. The Balaban J connectivity index is 2.47. The average molecular weight is 381 g/mol. The summed E-state index contributed by atoms with van der Waals surface area (Å²) in [4.78, 5) is 12.3. The molecule has 0 bridgehead atoms. The zero-order valence-electron chi connectivity index (χ0n) is 11.0. The highest BCUT2D eigenvalue weighted by atomic mass is 35.5. The molecule has 0 atom stereocenters. The van der Waals surface area contributed by atoms with Crippen LogP contribution in [0.4, 0.5) is 5.69 Å². The van der Waals surface area contributed by atoms with Crippen LogP contribution < -0.4 is 5.32 Å². The van der Waals surface area contributed by atoms with E-state index in [-0.39, 0.29) is 32.1 Å². The second-order valence-electron chi connectivity index (χ2n) is 4.45. The van der Waals surface area contributed by atoms with Gasteiger partial charge in [-0.15, -0.1) is 0 Å². The van der Waals surface area contributed by atoms with E-state index in [1.807, 2.05) is 0 Å². The fourth-order valence-electron chi connectivity index (χ4n) is 1.81. The Morgan fingerprint density at radius 3 is 2.27 bits per heavy atom. The molecule has 0 heterocycles. The van der Waals surface area contributed by atoms with E-state index in [0.29, 0.717) is 10.6 Å². The molecule has 2 rings (SSSR count). The standard InChI is InChI=1S/C14H9Cl4NO3/c1-5-2-6(15)3-9(12(5)20)19-14(22)10-11(18)7(16)4-8(17)13(10)21/h2-4,20-21H,1H3,(H,19,22). The molecule has 0 radical (unpaired) electrons. The van der Waals surface area contributed by atoms with E-state index < -0.39 is 11.7 Å². The van der Waals surface area contributed by atoms with Crippen molar-refractivity contribution < 1.29 is 15.0 Å². The van der Waals surface area contributed by atoms with Crippen LogP contribution in [0, 0.1) is 6.92 Å². The van der Waals surface area contributed by atoms with E-state index in [1.54, 1.807) is 6.92 Å². The SMILES string of the molecule is Cc1cc(Cl)cc(NC(=O)c2c(O)c(Cl)cc(Cl)c2Cl)c1O. The predicted molar refractivity (Wildman–Crippen MR) is 88.9 cm³/mol. The first-order chi connectivity index (χ1) is 10.2. The maximum absolute atomic E-state index is 12.3. The number of hydrogen-bond acceptors (Lipinski definition) is 3. The monoisotopic (exact) mass is 379 g/mol. The number of carbonyl (C=O) groups is 1. The van der Waals surface area contributed by atoms with Gasteiger partial charge in [-0.1, -0.05) is 46.4 Å². The highest BCUT2D eigenvalue weighted by Gasteiger charge is 2.22. The zero-order chi connectivity index (χ0) is 16.6. The fraction of sp³-hybridized carbons (Fsp3) is 0.0714. The van der Waals surface area contributed by atoms with Crippen molar-refractivity contribution in [1.29, 1.82) is 0 Å². The molecule has 4 nitrogen and oxygen atoms in total. The molecular formula is C14H9Cl4NO3. The van der Waals surface area contributed by atoms with E-state index in [9.17, 15) is 15.0 Å². The van der Waals surface area contributed by atoms with Gasteiger partial charge in [0, 0.05) is 5.02 Å². The smallest absolute Gasteiger partial charge is 0.261 e. The van der Waals surface area contributed by atoms with Gasteiger partial charge in [0.05, 0.1) is 20.8 Å². The molecule has 0 aromatic heterocycles. The highest BCUT2D eigenvalue weighted by molar-refractivity contribution is 6.46. The van der Waals surface area contributed by atoms with Gasteiger partial charge in [0.15, 0.2) is 0 Å². The maximum atomic E-state index is 12.3. The molecule has 0 fully saturated rings. The van der Waals surface area contributed by atoms with E-state index in [0.717, 1.165) is 0 Å². The Morgan fingerprint density at radius 2 is 1.64 bits per heavy atom. The Bertz CT molecular complexity index is 751. The topological polar surface area (TPSA) is 69.6 Å². The van der Waals surface area contributed by atoms with Gasteiger partial charge in [0.1, 0.15) is 17.1 Å². The molecule has 0 saturated heterocycles. The fourth-order valence-corrected chi connectivity index (χ4v) is 2.77. The van der Waals surface area contributed by atoms with Gasteiger partial charge in [-0.3, -0.25) is 4.79 Å². The molecule has 0 saturated carbocycles. The number of amides is 1. The summed E-state index contributed by atoms with van der Waals surface area (Å²) >= 11 is 23.4. The Kier molecular flexibility index (Phi) is 4.97. The van der Waals surface area contributed by atoms with E-state index >= 15 is 0 Å². The number of halogens is 4. The number of phenols is 2. The number of aromatic hydroxyl groups is 2. The molecule has 0 aliphatic carbocycles. The third-order valence-corrected chi connectivity index (χ3v) is 4.18. The van der Waals surface area contributed by atoms with Gasteiger partial charge in [0.25, 0.3) is 5.91 Å². The lowest BCUT2D eigenvalue weighted by Gasteiger charge is -2.13. The predicted octanol–water partition coefficient (Wildman–Crippen LogP) is 5.27. The van der Waals surface area contributed by atoms with Crippen molar-refractivity contribution >= 4 is 58.0 Å². The van der Waals surface area contributed by atoms with E-state index in [1.165, 1.54) is 18.2 Å². The van der Waals surface area contributed by atoms with Crippen LogP contribution in [0.15, 0.2) is 18.2 Å². The first-order valence-electron chi connectivity index (χ1n) is 5.89. The van der Waals surface area contributed by atoms with Gasteiger partial charge in [-0.2, -0.15) is 0 Å². The Hall–Kier alpha value is -1.33. The average Bonchev–Trinajstić information content (AvgIpc) is 2.42. The van der Waals surface area contributed by atoms with Gasteiger partial charge in [-0.25, -0.2) is 0 Å². The molecule has 3 N–H and O–H groups in total. The molecule has 0 aliphatic heterocycles. The summed E-state index contributed by atoms with van der Waals surface area (Å²) in [5.74, 6) is -1.45. The van der Waals surface area contributed by atoms with Crippen molar-refractivity contribution in [3.63, 3.8) is 0 Å². The number of aryl methyl sites for hydroxylation is 1. The van der Waals surface area contributed by atoms with Gasteiger partial charge < -0.3 is 15.5 Å². The van der Waals surface area contributed by atoms with Crippen LogP contribution in [0.25, 0.3) is 0 Å². The number of phenolic OH excluding ortho intramolecular Hbond substituents is 2. The van der Waals surface area contributed by atoms with Crippen LogP contribution in [-0.2, 0) is 0 Å². The number of anilines is 1. The number of carbonyl (C=O) groups excluding carboxylic acids is 1. The van der Waals surface area contributed by atoms with Crippen LogP contribution in [0.5, 0.6) is 11.5 Å². The highest BCUT2D eigenvalue weighted by Crippen LogP contribution is 2.39. The van der Waals surface area contributed by atoms with Crippen molar-refractivity contribution in [3.05, 3.63) is 49.4 Å². The molecule has 1 amide bonds. The van der Waals surface area contributed by atoms with Crippen molar-refractivity contribution in [1.82, 2.24) is 0 Å². The molecular weight excluding hydrogens is 372 g/mol. The number of hydrogen-bond donors (Lipinski definition) is 3. The Morgan fingerprint density at radius 1 is 1.00 bits per heavy atom. The number of benzene rings is 2. The summed E-state index contributed by atoms with van der Waals surface area (Å²) in [5.41, 5.74) is 0.250. The quantitative estimate of drug-likeness (QED) is 0.490. The number of rotatable bonds is 2. The molecule has 2 aromatic carbocycles. The first-order valence-corrected chi connectivity index (χ1v) is 7.40. The minimum atomic E-state index is -0.788. The molecule has 0 unspecified atom stereocenters. The molecule has 22 heavy (non-hydrogen) atoms. The zero-order valence-corrected chi connectivity index (χ0v) is 14.1. The van der Waals surface area contributed by atoms with Gasteiger partial charge in [0.2, 0.25) is 0 Å². The van der Waals surface area contributed by atoms with Gasteiger partial charge in [-0.05, 0) is 30.7 Å². The largest absolute Gasteiger partial charge is 0.505 e. The van der Waals surface area contributed by atoms with Crippen LogP contribution in [0.3, 0.4) is 0 Å². The van der Waals surface area contributed by atoms with Crippen LogP contribution in [-0.4, -0.2) is 16.1 Å². The summed E-state index contributed by atoms with van der Waals surface area (Å²) in [6, 6.07) is 4.12. The van der Waals surface area contributed by atoms with Crippen LogP contribution >= 0.6 is 46.4 Å². The summed E-state index contributed by atoms with van der Waals surface area (Å²) < 4.78 is 0. The normalized spacial score (nSPS) is 10.6. The van der Waals surface area contributed by atoms with Crippen molar-refractivity contribution in [3.8, 4) is 11.5 Å². The Labute approximate surface area is 146 Å². The van der Waals surface area contributed by atoms with E-state index in [2.05, 4.69) is 5.32 Å². The molecule has 2 aromatic rings. The first kappa shape index (κ1) is 17.0. The molecule has 0 spiro atoms. The van der Waals surface area contributed by atoms with Gasteiger partial charge >= 0.3 is 0 Å². The van der Waals surface area contributed by atoms with Crippen LogP contribution in [0.1, 0.15) is 15.9 Å². The third kappa shape index (κ3) is 3.20. The second kappa shape index (κ2) is 6.42. The molecule has 8 heteroatoms. The summed E-state index contributed by atoms with van der Waals surface area (Å²) in [5, 5.41) is 22.3. The molecule has 0 aliphatic rings. The number of nitrogens with one attached hydrogen (secondary N) is 1. The van der Waals surface area contributed by atoms with Crippen molar-refractivity contribution in [2.75, 3.05) is 5.32 Å². The van der Waals surface area contributed by atoms with Crippen LogP contribution in [0.2, 0.25) is 20.1 Å². The van der Waals surface area contributed by atoms with Crippen molar-refractivity contribution in [2.24, 2.45) is 0 Å². The lowest BCUT2D eigenvalue weighted by atomic mass is 10.1. The lowest BCUT2D eigenvalue weighted by molar-refractivity contribution is 0.102. The summed E-state index contributed by atoms with van der Waals surface area (Å²) in [7, 11) is 0. The minimum Gasteiger partial charge on any atom is -0.505 e. The minimum absolute atomic E-state index is 0.0149. The second-order valence-corrected chi connectivity index (χ2v) is 6.08. The summed E-state index contributed by atoms with van der Waals surface area (Å²) in [6.07, 6.45) is 0. The summed E-state index contributed by atoms with van der Waals surface area (Å²) in [6.45, 7) is 1.62. The maximum Gasteiger partial charge on any atom is 0.261 e.